The predicted octanol–water partition coefficient (Wildman–Crippen LogP) is 7.24. The van der Waals surface area contributed by atoms with Crippen LogP contribution in [0, 0.1) is 5.92 Å². The molecule has 0 spiro atoms. The molecule has 738 valence electrons. The summed E-state index contributed by atoms with van der Waals surface area (Å²) in [4.78, 5) is 110. The standard InChI is InChI=1S/C11H17N3O.C10H22N2O.C9H15N3O.C9H19NO.2C8H13N3O.C8H16N2O.2C7H14N2O.C7H15NO.C6H13NO.C4H10/c1-8(2)14-11(15)10(12)6-9-4-3-5-13-7-9;1-5-12(6-2)8-7-10(13)11-9(3)4;1-7(2)11-9(13)4-8-5-12(3)6-10-8;1-7(2)10-8-3-5-9(11)6-4-8;1-6(2)11-8(12)3-7-4-9-5-10-7;1-7(2)10-8(12)6-11-5-3-4-9-11;1-6(2)9-7-4-5-10(3)8(7)11;1-5(2)9-4-3-6(8)7(9)10;1-5(2)9-6-3-4-8-7(6)10;1-6(2)8-7-3-4-9-5-7;1-5(2)7-6-3-8-4-6;1-4(2)3/h3-5,7-8,10H,6,12H2,1-2H3,(H,14,15);9H,5-8H2,1-4H3,(H,11,13);5-7H,4H2,1-3H3,(H,11,13);7-11H,3-6H2,1-2H3;4-6H,3H2,1-2H3,(H,9,10)(H,11,12);3-5,7H,6H2,1-2H3,(H,10,12);6-7,9H,4-5H2,1-3H3;5-6H,3-4,8H2,1-2H3;5-6,9H,3-4H2,1-2H3,(H,8,10);6-8H,3-5H2,1-2H3;5-7H,3-4H2,1-2H3;4H,1-3H3. The van der Waals surface area contributed by atoms with Gasteiger partial charge in [-0.15, -0.1) is 0 Å². The molecule has 8 amide bonds. The Morgan fingerprint density at radius 1 is 0.562 bits per heavy atom. The van der Waals surface area contributed by atoms with E-state index in [1.807, 2.05) is 139 Å². The van der Waals surface area contributed by atoms with Crippen molar-refractivity contribution in [2.24, 2.45) is 24.4 Å². The Labute approximate surface area is 771 Å². The number of nitrogens with two attached hydrogens (primary N) is 2. The van der Waals surface area contributed by atoms with E-state index < -0.39 is 6.04 Å². The summed E-state index contributed by atoms with van der Waals surface area (Å²) < 4.78 is 13.6. The van der Waals surface area contributed by atoms with Gasteiger partial charge in [-0.25, -0.2) is 9.97 Å². The molecule has 34 nitrogen and oxygen atoms in total. The number of aromatic nitrogens is 7. The molecule has 5 aliphatic heterocycles. The number of likely N-dealkylation sites (tertiary alicyclic amines) is 2. The molecule has 128 heavy (non-hydrogen) atoms. The summed E-state index contributed by atoms with van der Waals surface area (Å²) in [6.07, 6.45) is 23.5. The summed E-state index contributed by atoms with van der Waals surface area (Å²) >= 11 is 0. The van der Waals surface area contributed by atoms with Gasteiger partial charge in [0, 0.05) is 175 Å². The first-order valence-corrected chi connectivity index (χ1v) is 47.0. The molecule has 6 aliphatic rings. The maximum Gasteiger partial charge on any atom is 0.241 e. The second-order valence-corrected chi connectivity index (χ2v) is 37.1. The molecule has 5 atom stereocenters. The Bertz CT molecular complexity index is 3390. The van der Waals surface area contributed by atoms with Crippen LogP contribution in [0.5, 0.6) is 0 Å². The number of amides is 8. The number of nitrogens with zero attached hydrogens (tertiary/aromatic N) is 9. The quantitative estimate of drug-likeness (QED) is 0.0244. The third-order valence-electron chi connectivity index (χ3n) is 18.6. The number of hydrogen-bond acceptors (Lipinski definition) is 23. The fourth-order valence-corrected chi connectivity index (χ4v) is 12.8. The highest BCUT2D eigenvalue weighted by molar-refractivity contribution is 5.85. The van der Waals surface area contributed by atoms with Gasteiger partial charge in [-0.05, 0) is 178 Å². The van der Waals surface area contributed by atoms with Gasteiger partial charge < -0.3 is 109 Å². The number of imidazole rings is 2. The van der Waals surface area contributed by atoms with Gasteiger partial charge >= 0.3 is 0 Å². The smallest absolute Gasteiger partial charge is 0.241 e. The topological polar surface area (TPSA) is 447 Å². The van der Waals surface area contributed by atoms with Crippen molar-refractivity contribution >= 4 is 47.3 Å². The van der Waals surface area contributed by atoms with Gasteiger partial charge in [0.25, 0.3) is 0 Å². The lowest BCUT2D eigenvalue weighted by molar-refractivity contribution is -0.130. The summed E-state index contributed by atoms with van der Waals surface area (Å²) in [5.41, 5.74) is 13.9. The van der Waals surface area contributed by atoms with Gasteiger partial charge in [0.05, 0.1) is 87.3 Å². The Morgan fingerprint density at radius 2 is 1.09 bits per heavy atom. The van der Waals surface area contributed by atoms with E-state index in [1.165, 1.54) is 6.42 Å². The molecule has 5 saturated heterocycles. The van der Waals surface area contributed by atoms with Gasteiger partial charge in [0.15, 0.2) is 0 Å². The van der Waals surface area contributed by atoms with Crippen molar-refractivity contribution in [1.82, 2.24) is 107 Å². The fourth-order valence-electron chi connectivity index (χ4n) is 12.8. The maximum absolute atomic E-state index is 11.5. The summed E-state index contributed by atoms with van der Waals surface area (Å²) in [6, 6.07) is 10.7. The SMILES string of the molecule is CC(C)C.CC(C)N1CCC(N)C1=O.CC(C)NC(=O)C(N)Cc1cccnc1.CC(C)NC(=O)Cc1cn(C)cn1.CC(C)NC(=O)Cc1cnc[nH]1.CC(C)NC(=O)Cn1cccn1.CC(C)NC1CCC(O)CC1.CC(C)NC1CCN(C)C1=O.CC(C)NC1CCNC1=O.CC(C)NC1CCOC1.CC(C)NC1COC1.CCN(CC)CCC(=O)NC(C)C. The van der Waals surface area contributed by atoms with E-state index >= 15 is 0 Å². The van der Waals surface area contributed by atoms with E-state index in [1.54, 1.807) is 59.3 Å². The van der Waals surface area contributed by atoms with Gasteiger partial charge in [0.1, 0.15) is 6.54 Å². The minimum absolute atomic E-state index is 0.00583. The number of aliphatic hydroxyl groups is 1. The van der Waals surface area contributed by atoms with Crippen LogP contribution in [0.2, 0.25) is 0 Å². The average Bonchev–Trinajstić information content (AvgIpc) is 1.72. The van der Waals surface area contributed by atoms with Crippen LogP contribution in [0.1, 0.15) is 262 Å². The third kappa shape index (κ3) is 67.3. The second kappa shape index (κ2) is 71.8. The number of carbonyl (C=O) groups excluding carboxylic acids is 8. The van der Waals surface area contributed by atoms with Crippen molar-refractivity contribution in [1.29, 1.82) is 0 Å². The molecule has 6 fully saturated rings. The number of aryl methyl sites for hydroxylation is 1. The number of hydrogen-bond donors (Lipinski definition) is 15. The number of carbonyl (C=O) groups is 8. The second-order valence-electron chi connectivity index (χ2n) is 37.1. The highest BCUT2D eigenvalue weighted by atomic mass is 16.5. The number of likely N-dealkylation sites (N-methyl/N-ethyl adjacent to an activating group) is 1. The number of aromatic amines is 1. The van der Waals surface area contributed by atoms with Crippen molar-refractivity contribution in [2.45, 2.75) is 385 Å². The predicted molar refractivity (Wildman–Crippen MR) is 517 cm³/mol. The molecule has 5 unspecified atom stereocenters. The van der Waals surface area contributed by atoms with Crippen molar-refractivity contribution in [3.63, 3.8) is 0 Å². The average molecular weight is 1810 g/mol. The van der Waals surface area contributed by atoms with Gasteiger partial charge in [-0.2, -0.15) is 5.10 Å². The van der Waals surface area contributed by atoms with Crippen LogP contribution >= 0.6 is 0 Å². The largest absolute Gasteiger partial charge is 0.393 e. The molecule has 17 N–H and O–H groups in total. The first-order valence-electron chi connectivity index (χ1n) is 47.0. The summed E-state index contributed by atoms with van der Waals surface area (Å²) in [5.74, 6) is 1.40. The van der Waals surface area contributed by atoms with Crippen LogP contribution < -0.4 is 70.0 Å². The summed E-state index contributed by atoms with van der Waals surface area (Å²) in [6.45, 7) is 64.7. The highest BCUT2D eigenvalue weighted by Crippen LogP contribution is 2.19. The zero-order valence-corrected chi connectivity index (χ0v) is 84.4. The normalized spacial score (nSPS) is 18.2. The van der Waals surface area contributed by atoms with Crippen molar-refractivity contribution < 1.29 is 52.9 Å². The van der Waals surface area contributed by atoms with E-state index in [0.29, 0.717) is 86.6 Å². The lowest BCUT2D eigenvalue weighted by Crippen LogP contribution is -2.48. The summed E-state index contributed by atoms with van der Waals surface area (Å²) in [7, 11) is 3.74. The van der Waals surface area contributed by atoms with Crippen LogP contribution in [0.15, 0.2) is 68.0 Å². The molecule has 0 aromatic carbocycles. The minimum Gasteiger partial charge on any atom is -0.393 e. The lowest BCUT2D eigenvalue weighted by atomic mass is 9.93. The molecule has 1 aliphatic carbocycles. The molecule has 9 heterocycles. The van der Waals surface area contributed by atoms with Crippen LogP contribution in [-0.4, -0.2) is 289 Å². The maximum atomic E-state index is 11.5. The molecule has 0 bridgehead atoms. The highest BCUT2D eigenvalue weighted by Gasteiger charge is 2.31. The monoisotopic (exact) mass is 1810 g/mol. The Hall–Kier alpha value is -7.90. The molecule has 1 saturated carbocycles. The third-order valence-corrected chi connectivity index (χ3v) is 18.6. The van der Waals surface area contributed by atoms with Crippen molar-refractivity contribution in [3.8, 4) is 0 Å². The van der Waals surface area contributed by atoms with E-state index in [4.69, 9.17) is 20.9 Å². The van der Waals surface area contributed by atoms with Crippen LogP contribution in [-0.2, 0) is 80.7 Å². The van der Waals surface area contributed by atoms with Crippen molar-refractivity contribution in [3.05, 3.63) is 85.0 Å². The fraction of sp³-hybridized carbons (Fsp3) is 0.766. The number of pyridine rings is 1. The molecule has 4 aromatic heterocycles. The molecule has 34 heteroatoms. The van der Waals surface area contributed by atoms with Crippen LogP contribution in [0.4, 0.5) is 0 Å². The van der Waals surface area contributed by atoms with E-state index in [0.717, 1.165) is 134 Å². The zero-order chi connectivity index (χ0) is 97.6. The number of rotatable bonds is 30. The number of aliphatic hydroxyl groups excluding tert-OH is 1. The van der Waals surface area contributed by atoms with E-state index in [2.05, 4.69) is 178 Å². The van der Waals surface area contributed by atoms with E-state index in [-0.39, 0.29) is 102 Å². The van der Waals surface area contributed by atoms with Crippen LogP contribution in [0.25, 0.3) is 0 Å². The Kier molecular flexibility index (Phi) is 68.5. The van der Waals surface area contributed by atoms with Gasteiger partial charge in [-0.1, -0.05) is 110 Å². The summed E-state index contributed by atoms with van der Waals surface area (Å²) in [5, 5.41) is 46.6. The Morgan fingerprint density at radius 3 is 1.48 bits per heavy atom. The number of H-pyrrole nitrogens is 1. The van der Waals surface area contributed by atoms with Gasteiger partial charge in [0.2, 0.25) is 47.3 Å². The minimum atomic E-state index is -0.503. The van der Waals surface area contributed by atoms with Crippen LogP contribution in [0.3, 0.4) is 0 Å². The molecule has 10 rings (SSSR count). The first-order chi connectivity index (χ1) is 60.0. The molecule has 0 radical (unpaired) electrons. The van der Waals surface area contributed by atoms with Crippen molar-refractivity contribution in [2.75, 3.05) is 72.7 Å². The van der Waals surface area contributed by atoms with Gasteiger partial charge in [-0.3, -0.25) is 48.0 Å². The number of nitrogens with one attached hydrogen (secondary N) is 12. The van der Waals surface area contributed by atoms with E-state index in [9.17, 15) is 43.5 Å². The first kappa shape index (κ1) is 122. The Balaban J connectivity index is 0. The molecular weight excluding hydrogens is 1630 g/mol. The lowest BCUT2D eigenvalue weighted by Gasteiger charge is -2.28. The number of ether oxygens (including phenoxy) is 2. The molecule has 4 aromatic rings. The molecular formula is C94H181N23O11. The zero-order valence-electron chi connectivity index (χ0n) is 84.4.